The topological polar surface area (TPSA) is 79.6 Å². The molecule has 0 unspecified atom stereocenters. The monoisotopic (exact) mass is 362 g/mol. The Bertz CT molecular complexity index is 813. The van der Waals surface area contributed by atoms with Crippen LogP contribution in [0.1, 0.15) is 42.3 Å². The Labute approximate surface area is 147 Å². The summed E-state index contributed by atoms with van der Waals surface area (Å²) < 4.78 is 32.3. The summed E-state index contributed by atoms with van der Waals surface area (Å²) >= 11 is 0. The lowest BCUT2D eigenvalue weighted by Crippen LogP contribution is -2.41. The summed E-state index contributed by atoms with van der Waals surface area (Å²) in [7, 11) is -3.51. The van der Waals surface area contributed by atoms with Gasteiger partial charge in [0.1, 0.15) is 5.76 Å². The number of sulfonamides is 1. The van der Waals surface area contributed by atoms with Gasteiger partial charge in [-0.25, -0.2) is 8.42 Å². The van der Waals surface area contributed by atoms with E-state index in [0.717, 1.165) is 19.3 Å². The van der Waals surface area contributed by atoms with Crippen molar-refractivity contribution in [2.24, 2.45) is 0 Å². The number of hydrogen-bond acceptors (Lipinski definition) is 4. The summed E-state index contributed by atoms with van der Waals surface area (Å²) in [6.45, 7) is 2.78. The third kappa shape index (κ3) is 3.93. The van der Waals surface area contributed by atoms with E-state index in [1.165, 1.54) is 12.1 Å². The van der Waals surface area contributed by atoms with Gasteiger partial charge in [-0.1, -0.05) is 6.42 Å². The first kappa shape index (κ1) is 17.7. The molecule has 1 amide bonds. The van der Waals surface area contributed by atoms with E-state index >= 15 is 0 Å². The van der Waals surface area contributed by atoms with Crippen molar-refractivity contribution < 1.29 is 17.6 Å². The summed E-state index contributed by atoms with van der Waals surface area (Å²) in [5.41, 5.74) is 0.414. The molecule has 1 aromatic heterocycles. The second-order valence-electron chi connectivity index (χ2n) is 6.25. The number of piperidine rings is 1. The molecule has 7 heteroatoms. The molecule has 1 atom stereocenters. The smallest absolute Gasteiger partial charge is 0.251 e. The molecule has 1 aliphatic rings. The van der Waals surface area contributed by atoms with Crippen molar-refractivity contribution in [3.8, 4) is 0 Å². The van der Waals surface area contributed by atoms with Crippen LogP contribution in [0.3, 0.4) is 0 Å². The summed E-state index contributed by atoms with van der Waals surface area (Å²) in [6, 6.07) is 9.61. The molecule has 6 nitrogen and oxygen atoms in total. The molecule has 0 saturated carbocycles. The van der Waals surface area contributed by atoms with Crippen molar-refractivity contribution in [2.45, 2.75) is 43.7 Å². The molecule has 1 aliphatic heterocycles. The van der Waals surface area contributed by atoms with E-state index in [-0.39, 0.29) is 23.4 Å². The lowest BCUT2D eigenvalue weighted by atomic mass is 10.1. The molecule has 25 heavy (non-hydrogen) atoms. The molecule has 134 valence electrons. The maximum absolute atomic E-state index is 12.8. The normalized spacial score (nSPS) is 18.8. The van der Waals surface area contributed by atoms with Crippen LogP contribution in [-0.2, 0) is 16.6 Å². The molecule has 1 aromatic carbocycles. The molecule has 2 aromatic rings. The van der Waals surface area contributed by atoms with Gasteiger partial charge in [0.15, 0.2) is 0 Å². The highest BCUT2D eigenvalue weighted by molar-refractivity contribution is 7.89. The zero-order chi connectivity index (χ0) is 17.9. The van der Waals surface area contributed by atoms with Gasteiger partial charge >= 0.3 is 0 Å². The SMILES string of the molecule is C[C@@H]1CCCCN1S(=O)(=O)c1ccc(C(=O)NCc2ccco2)cc1. The number of benzene rings is 1. The first-order chi connectivity index (χ1) is 12.0. The maximum atomic E-state index is 12.8. The van der Waals surface area contributed by atoms with Gasteiger partial charge in [0, 0.05) is 18.2 Å². The number of furan rings is 1. The Morgan fingerprint density at radius 3 is 2.64 bits per heavy atom. The van der Waals surface area contributed by atoms with Crippen LogP contribution in [0, 0.1) is 0 Å². The van der Waals surface area contributed by atoms with Crippen LogP contribution < -0.4 is 5.32 Å². The second-order valence-corrected chi connectivity index (χ2v) is 8.14. The third-order valence-corrected chi connectivity index (χ3v) is 6.50. The lowest BCUT2D eigenvalue weighted by molar-refractivity contribution is 0.0948. The molecule has 1 fully saturated rings. The van der Waals surface area contributed by atoms with E-state index in [1.807, 2.05) is 6.92 Å². The maximum Gasteiger partial charge on any atom is 0.251 e. The largest absolute Gasteiger partial charge is 0.467 e. The predicted octanol–water partition coefficient (Wildman–Crippen LogP) is 2.77. The van der Waals surface area contributed by atoms with Crippen LogP contribution >= 0.6 is 0 Å². The first-order valence-electron chi connectivity index (χ1n) is 8.41. The van der Waals surface area contributed by atoms with Crippen molar-refractivity contribution in [2.75, 3.05) is 6.54 Å². The summed E-state index contributed by atoms with van der Waals surface area (Å²) in [6.07, 6.45) is 4.37. The predicted molar refractivity (Wildman–Crippen MR) is 93.5 cm³/mol. The fourth-order valence-corrected chi connectivity index (χ4v) is 4.72. The van der Waals surface area contributed by atoms with Gasteiger partial charge in [-0.3, -0.25) is 4.79 Å². The quantitative estimate of drug-likeness (QED) is 0.887. The average molecular weight is 362 g/mol. The highest BCUT2D eigenvalue weighted by atomic mass is 32.2. The Kier molecular flexibility index (Phi) is 5.24. The molecule has 3 rings (SSSR count). The fourth-order valence-electron chi connectivity index (χ4n) is 3.03. The van der Waals surface area contributed by atoms with Gasteiger partial charge in [-0.05, 0) is 56.2 Å². The molecule has 0 aliphatic carbocycles. The van der Waals surface area contributed by atoms with Crippen LogP contribution in [0.15, 0.2) is 52.0 Å². The minimum absolute atomic E-state index is 0.00928. The third-order valence-electron chi connectivity index (χ3n) is 4.47. The van der Waals surface area contributed by atoms with Gasteiger partial charge in [0.05, 0.1) is 17.7 Å². The molecule has 0 bridgehead atoms. The number of hydrogen-bond donors (Lipinski definition) is 1. The number of nitrogens with zero attached hydrogens (tertiary/aromatic N) is 1. The van der Waals surface area contributed by atoms with Gasteiger partial charge in [-0.15, -0.1) is 0 Å². The van der Waals surface area contributed by atoms with E-state index in [4.69, 9.17) is 4.42 Å². The van der Waals surface area contributed by atoms with Crippen LogP contribution in [-0.4, -0.2) is 31.2 Å². The van der Waals surface area contributed by atoms with Crippen molar-refractivity contribution in [1.82, 2.24) is 9.62 Å². The van der Waals surface area contributed by atoms with E-state index in [0.29, 0.717) is 17.9 Å². The highest BCUT2D eigenvalue weighted by Gasteiger charge is 2.30. The zero-order valence-electron chi connectivity index (χ0n) is 14.1. The summed E-state index contributed by atoms with van der Waals surface area (Å²) in [5.74, 6) is 0.387. The van der Waals surface area contributed by atoms with E-state index in [2.05, 4.69) is 5.32 Å². The van der Waals surface area contributed by atoms with Gasteiger partial charge in [0.25, 0.3) is 5.91 Å². The number of rotatable bonds is 5. The molecule has 0 spiro atoms. The van der Waals surface area contributed by atoms with Crippen molar-refractivity contribution in [1.29, 1.82) is 0 Å². The zero-order valence-corrected chi connectivity index (χ0v) is 15.0. The average Bonchev–Trinajstić information content (AvgIpc) is 3.13. The summed E-state index contributed by atoms with van der Waals surface area (Å²) in [4.78, 5) is 12.4. The number of nitrogens with one attached hydrogen (secondary N) is 1. The molecule has 1 saturated heterocycles. The second kappa shape index (κ2) is 7.41. The number of carbonyl (C=O) groups is 1. The van der Waals surface area contributed by atoms with Crippen LogP contribution in [0.4, 0.5) is 0 Å². The Morgan fingerprint density at radius 1 is 1.24 bits per heavy atom. The van der Waals surface area contributed by atoms with Crippen LogP contribution in [0.5, 0.6) is 0 Å². The minimum atomic E-state index is -3.51. The van der Waals surface area contributed by atoms with Gasteiger partial charge < -0.3 is 9.73 Å². The minimum Gasteiger partial charge on any atom is -0.467 e. The lowest BCUT2D eigenvalue weighted by Gasteiger charge is -2.32. The van der Waals surface area contributed by atoms with Crippen molar-refractivity contribution >= 4 is 15.9 Å². The summed E-state index contributed by atoms with van der Waals surface area (Å²) in [5, 5.41) is 2.74. The van der Waals surface area contributed by atoms with Crippen molar-refractivity contribution in [3.05, 3.63) is 54.0 Å². The highest BCUT2D eigenvalue weighted by Crippen LogP contribution is 2.25. The van der Waals surface area contributed by atoms with E-state index in [1.54, 1.807) is 34.8 Å². The van der Waals surface area contributed by atoms with Crippen molar-refractivity contribution in [3.63, 3.8) is 0 Å². The molecular formula is C18H22N2O4S. The first-order valence-corrected chi connectivity index (χ1v) is 9.85. The number of carbonyl (C=O) groups excluding carboxylic acids is 1. The van der Waals surface area contributed by atoms with Crippen LogP contribution in [0.2, 0.25) is 0 Å². The standard InChI is InChI=1S/C18H22N2O4S/c1-14-5-2-3-11-20(14)25(22,23)17-9-7-15(8-10-17)18(21)19-13-16-6-4-12-24-16/h4,6-10,12,14H,2-3,5,11,13H2,1H3,(H,19,21)/t14-/m1/s1. The fraction of sp³-hybridized carbons (Fsp3) is 0.389. The molecule has 0 radical (unpaired) electrons. The number of amides is 1. The van der Waals surface area contributed by atoms with Gasteiger partial charge in [0.2, 0.25) is 10.0 Å². The Morgan fingerprint density at radius 2 is 2.00 bits per heavy atom. The van der Waals surface area contributed by atoms with E-state index < -0.39 is 10.0 Å². The van der Waals surface area contributed by atoms with Gasteiger partial charge in [-0.2, -0.15) is 4.31 Å². The molecule has 2 heterocycles. The molecular weight excluding hydrogens is 340 g/mol. The molecule has 1 N–H and O–H groups in total. The van der Waals surface area contributed by atoms with Crippen LogP contribution in [0.25, 0.3) is 0 Å². The Hall–Kier alpha value is -2.12. The van der Waals surface area contributed by atoms with E-state index in [9.17, 15) is 13.2 Å². The Balaban J connectivity index is 1.69.